The van der Waals surface area contributed by atoms with E-state index in [0.717, 1.165) is 38.5 Å². The van der Waals surface area contributed by atoms with Crippen molar-refractivity contribution in [2.24, 2.45) is 5.92 Å². The number of nitrogens with one attached hydrogen (secondary N) is 2. The van der Waals surface area contributed by atoms with Crippen LogP contribution in [0, 0.1) is 5.92 Å². The summed E-state index contributed by atoms with van der Waals surface area (Å²) in [5.74, 6) is 0.811. The fourth-order valence-corrected chi connectivity index (χ4v) is 1.94. The molecule has 90 valence electrons. The Labute approximate surface area is 92.4 Å². The Morgan fingerprint density at radius 1 is 1.47 bits per heavy atom. The molecule has 0 bridgehead atoms. The molecule has 0 aromatic rings. The average Bonchev–Trinajstić information content (AvgIpc) is 2.26. The first kappa shape index (κ1) is 12.9. The molecule has 1 atom stereocenters. The molecule has 1 aliphatic heterocycles. The zero-order valence-electron chi connectivity index (χ0n) is 9.67. The predicted octanol–water partition coefficient (Wildman–Crippen LogP) is -0.0270. The maximum absolute atomic E-state index is 9.41. The van der Waals surface area contributed by atoms with Crippen molar-refractivity contribution < 1.29 is 9.84 Å². The smallest absolute Gasteiger partial charge is 0.0785 e. The first-order valence-corrected chi connectivity index (χ1v) is 5.91. The lowest BCUT2D eigenvalue weighted by Gasteiger charge is -2.23. The van der Waals surface area contributed by atoms with E-state index in [1.165, 1.54) is 12.8 Å². The summed E-state index contributed by atoms with van der Waals surface area (Å²) in [6.07, 6.45) is 3.00. The topological polar surface area (TPSA) is 53.5 Å². The number of ether oxygens (including phenoxy) is 1. The second-order valence-corrected chi connectivity index (χ2v) is 4.30. The molecule has 0 aromatic carbocycles. The van der Waals surface area contributed by atoms with Gasteiger partial charge in [0.2, 0.25) is 0 Å². The van der Waals surface area contributed by atoms with E-state index in [1.807, 2.05) is 0 Å². The second kappa shape index (κ2) is 8.05. The standard InChI is InChI=1S/C11H24N2O2/c1-15-9-11(14)4-7-13-8-10-2-5-12-6-3-10/h10-14H,2-9H2,1H3. The molecule has 4 heteroatoms. The van der Waals surface area contributed by atoms with Gasteiger partial charge in [-0.15, -0.1) is 0 Å². The van der Waals surface area contributed by atoms with Crippen LogP contribution in [-0.2, 0) is 4.74 Å². The normalized spacial score (nSPS) is 20.4. The van der Waals surface area contributed by atoms with Gasteiger partial charge in [0, 0.05) is 7.11 Å². The van der Waals surface area contributed by atoms with Crippen LogP contribution in [0.4, 0.5) is 0 Å². The van der Waals surface area contributed by atoms with Crippen molar-refractivity contribution in [2.45, 2.75) is 25.4 Å². The van der Waals surface area contributed by atoms with Crippen molar-refractivity contribution >= 4 is 0 Å². The number of hydrogen-bond donors (Lipinski definition) is 3. The number of rotatable bonds is 7. The largest absolute Gasteiger partial charge is 0.391 e. The molecule has 1 rings (SSSR count). The van der Waals surface area contributed by atoms with Gasteiger partial charge in [-0.25, -0.2) is 0 Å². The number of piperidine rings is 1. The fraction of sp³-hybridized carbons (Fsp3) is 1.00. The Morgan fingerprint density at radius 3 is 2.87 bits per heavy atom. The summed E-state index contributed by atoms with van der Waals surface area (Å²) in [7, 11) is 1.62. The van der Waals surface area contributed by atoms with E-state index < -0.39 is 0 Å². The molecule has 0 amide bonds. The maximum Gasteiger partial charge on any atom is 0.0785 e. The van der Waals surface area contributed by atoms with E-state index >= 15 is 0 Å². The Hall–Kier alpha value is -0.160. The van der Waals surface area contributed by atoms with Gasteiger partial charge in [0.15, 0.2) is 0 Å². The highest BCUT2D eigenvalue weighted by Crippen LogP contribution is 2.09. The minimum atomic E-state index is -0.324. The molecule has 1 heterocycles. The maximum atomic E-state index is 9.41. The molecule has 0 spiro atoms. The number of aliphatic hydroxyl groups excluding tert-OH is 1. The van der Waals surface area contributed by atoms with Crippen LogP contribution in [-0.4, -0.2) is 51.1 Å². The Bertz CT molecular complexity index is 150. The number of hydrogen-bond acceptors (Lipinski definition) is 4. The van der Waals surface area contributed by atoms with E-state index in [4.69, 9.17) is 4.74 Å². The molecule has 0 radical (unpaired) electrons. The molecule has 4 nitrogen and oxygen atoms in total. The van der Waals surface area contributed by atoms with Crippen LogP contribution >= 0.6 is 0 Å². The summed E-state index contributed by atoms with van der Waals surface area (Å²) < 4.78 is 4.86. The second-order valence-electron chi connectivity index (χ2n) is 4.30. The molecule has 15 heavy (non-hydrogen) atoms. The van der Waals surface area contributed by atoms with Gasteiger partial charge in [0.1, 0.15) is 0 Å². The van der Waals surface area contributed by atoms with Gasteiger partial charge in [-0.3, -0.25) is 0 Å². The summed E-state index contributed by atoms with van der Waals surface area (Å²) in [5.41, 5.74) is 0. The lowest BCUT2D eigenvalue weighted by atomic mass is 9.98. The van der Waals surface area contributed by atoms with Gasteiger partial charge in [0.05, 0.1) is 12.7 Å². The SMILES string of the molecule is COCC(O)CCNCC1CCNCC1. The molecule has 0 saturated carbocycles. The molecule has 1 saturated heterocycles. The molecule has 1 fully saturated rings. The molecule has 3 N–H and O–H groups in total. The van der Waals surface area contributed by atoms with Crippen LogP contribution in [0.2, 0.25) is 0 Å². The van der Waals surface area contributed by atoms with Gasteiger partial charge < -0.3 is 20.5 Å². The van der Waals surface area contributed by atoms with Gasteiger partial charge in [-0.2, -0.15) is 0 Å². The summed E-state index contributed by atoms with van der Waals surface area (Å²) in [6, 6.07) is 0. The van der Waals surface area contributed by atoms with Crippen LogP contribution < -0.4 is 10.6 Å². The highest BCUT2D eigenvalue weighted by Gasteiger charge is 2.12. The highest BCUT2D eigenvalue weighted by atomic mass is 16.5. The summed E-state index contributed by atoms with van der Waals surface area (Å²) >= 11 is 0. The molecule has 0 aliphatic carbocycles. The Balaban J connectivity index is 1.91. The van der Waals surface area contributed by atoms with Crippen LogP contribution in [0.25, 0.3) is 0 Å². The van der Waals surface area contributed by atoms with Crippen LogP contribution in [0.3, 0.4) is 0 Å². The minimum absolute atomic E-state index is 0.324. The van der Waals surface area contributed by atoms with Crippen LogP contribution in [0.5, 0.6) is 0 Å². The van der Waals surface area contributed by atoms with E-state index in [9.17, 15) is 5.11 Å². The van der Waals surface area contributed by atoms with Crippen LogP contribution in [0.15, 0.2) is 0 Å². The van der Waals surface area contributed by atoms with E-state index in [-0.39, 0.29) is 6.10 Å². The van der Waals surface area contributed by atoms with Crippen molar-refractivity contribution in [2.75, 3.05) is 39.9 Å². The Morgan fingerprint density at radius 2 is 2.20 bits per heavy atom. The van der Waals surface area contributed by atoms with Gasteiger partial charge in [-0.05, 0) is 51.4 Å². The minimum Gasteiger partial charge on any atom is -0.391 e. The molecular weight excluding hydrogens is 192 g/mol. The van der Waals surface area contributed by atoms with Crippen molar-refractivity contribution in [1.29, 1.82) is 0 Å². The van der Waals surface area contributed by atoms with Crippen molar-refractivity contribution in [3.8, 4) is 0 Å². The quantitative estimate of drug-likeness (QED) is 0.523. The van der Waals surface area contributed by atoms with E-state index in [0.29, 0.717) is 6.61 Å². The lowest BCUT2D eigenvalue weighted by Crippen LogP contribution is -2.34. The van der Waals surface area contributed by atoms with Crippen LogP contribution in [0.1, 0.15) is 19.3 Å². The first-order chi connectivity index (χ1) is 7.33. The van der Waals surface area contributed by atoms with Gasteiger partial charge in [0.25, 0.3) is 0 Å². The summed E-state index contributed by atoms with van der Waals surface area (Å²) in [4.78, 5) is 0. The lowest BCUT2D eigenvalue weighted by molar-refractivity contribution is 0.0592. The molecule has 0 aromatic heterocycles. The Kier molecular flexibility index (Phi) is 6.92. The van der Waals surface area contributed by atoms with Gasteiger partial charge >= 0.3 is 0 Å². The van der Waals surface area contributed by atoms with Crippen molar-refractivity contribution in [3.63, 3.8) is 0 Å². The fourth-order valence-electron chi connectivity index (χ4n) is 1.94. The number of aliphatic hydroxyl groups is 1. The van der Waals surface area contributed by atoms with Crippen molar-refractivity contribution in [3.05, 3.63) is 0 Å². The molecule has 1 unspecified atom stereocenters. The predicted molar refractivity (Wildman–Crippen MR) is 61.0 cm³/mol. The third-order valence-corrected chi connectivity index (χ3v) is 2.91. The highest BCUT2D eigenvalue weighted by molar-refractivity contribution is 4.70. The monoisotopic (exact) mass is 216 g/mol. The van der Waals surface area contributed by atoms with E-state index in [2.05, 4.69) is 10.6 Å². The number of methoxy groups -OCH3 is 1. The van der Waals surface area contributed by atoms with E-state index in [1.54, 1.807) is 7.11 Å². The summed E-state index contributed by atoms with van der Waals surface area (Å²) in [5, 5.41) is 16.2. The average molecular weight is 216 g/mol. The third kappa shape index (κ3) is 6.10. The molecular formula is C11H24N2O2. The zero-order chi connectivity index (χ0) is 10.9. The van der Waals surface area contributed by atoms with Gasteiger partial charge in [-0.1, -0.05) is 0 Å². The summed E-state index contributed by atoms with van der Waals surface area (Å²) in [6.45, 7) is 4.71. The molecule has 1 aliphatic rings. The third-order valence-electron chi connectivity index (χ3n) is 2.91. The first-order valence-electron chi connectivity index (χ1n) is 5.91. The van der Waals surface area contributed by atoms with Crippen molar-refractivity contribution in [1.82, 2.24) is 10.6 Å². The zero-order valence-corrected chi connectivity index (χ0v) is 9.67.